The van der Waals surface area contributed by atoms with Gasteiger partial charge in [0.25, 0.3) is 5.56 Å². The van der Waals surface area contributed by atoms with E-state index in [0.717, 1.165) is 22.8 Å². The zero-order chi connectivity index (χ0) is 29.7. The highest BCUT2D eigenvalue weighted by atomic mass is 32.2. The Morgan fingerprint density at radius 1 is 1.20 bits per heavy atom. The number of nitrogens with one attached hydrogen (secondary N) is 1. The number of aromatic nitrogens is 3. The lowest BCUT2D eigenvalue weighted by Crippen LogP contribution is -2.42. The minimum atomic E-state index is -4.36. The average Bonchev–Trinajstić information content (AvgIpc) is 3.24. The van der Waals surface area contributed by atoms with E-state index in [0.29, 0.717) is 38.2 Å². The number of ether oxygens (including phenoxy) is 1. The first kappa shape index (κ1) is 26.9. The van der Waals surface area contributed by atoms with Gasteiger partial charge in [0.1, 0.15) is 5.65 Å². The molecule has 1 aliphatic heterocycles. The van der Waals surface area contributed by atoms with Crippen LogP contribution >= 0.6 is 0 Å². The van der Waals surface area contributed by atoms with Crippen LogP contribution in [0.2, 0.25) is 0 Å². The molecule has 216 valence electrons. The SMILES string of the molecule is [2H]C(F)(F)Oc1cc2cnc(NC3CCN(S(=O)(=O)c4ccc(F)c(F)c4)CC3)nc2n([C@@H]2CCC[C@@]2(C)O)c1=O. The highest BCUT2D eigenvalue weighted by Gasteiger charge is 2.40. The molecule has 40 heavy (non-hydrogen) atoms. The summed E-state index contributed by atoms with van der Waals surface area (Å²) in [5.41, 5.74) is -2.24. The van der Waals surface area contributed by atoms with Crippen molar-refractivity contribution in [3.63, 3.8) is 0 Å². The monoisotopic (exact) mass is 586 g/mol. The predicted molar refractivity (Wildman–Crippen MR) is 136 cm³/mol. The molecule has 2 atom stereocenters. The minimum Gasteiger partial charge on any atom is -0.429 e. The number of piperidine rings is 1. The molecule has 1 saturated carbocycles. The van der Waals surface area contributed by atoms with Gasteiger partial charge in [-0.1, -0.05) is 0 Å². The van der Waals surface area contributed by atoms with Gasteiger partial charge in [-0.25, -0.2) is 22.2 Å². The number of alkyl halides is 2. The summed E-state index contributed by atoms with van der Waals surface area (Å²) in [6.45, 7) is -2.68. The second-order valence-electron chi connectivity index (χ2n) is 10.1. The smallest absolute Gasteiger partial charge is 0.387 e. The Morgan fingerprint density at radius 3 is 2.55 bits per heavy atom. The summed E-state index contributed by atoms with van der Waals surface area (Å²) in [4.78, 5) is 21.5. The fourth-order valence-electron chi connectivity index (χ4n) is 5.36. The minimum absolute atomic E-state index is 0.0682. The Kier molecular flexibility index (Phi) is 7.12. The molecule has 1 saturated heterocycles. The van der Waals surface area contributed by atoms with Crippen LogP contribution < -0.4 is 15.6 Å². The van der Waals surface area contributed by atoms with Crippen LogP contribution in [0.1, 0.15) is 46.4 Å². The van der Waals surface area contributed by atoms with Gasteiger partial charge in [-0.2, -0.15) is 18.1 Å². The van der Waals surface area contributed by atoms with Gasteiger partial charge in [0.15, 0.2) is 18.8 Å². The van der Waals surface area contributed by atoms with Crippen LogP contribution in [0.5, 0.6) is 5.75 Å². The molecule has 0 bridgehead atoms. The number of halogens is 4. The molecule has 5 rings (SSSR count). The molecule has 3 heterocycles. The first-order valence-corrected chi connectivity index (χ1v) is 14.0. The second kappa shape index (κ2) is 10.6. The van der Waals surface area contributed by atoms with Crippen LogP contribution in [0.25, 0.3) is 11.0 Å². The van der Waals surface area contributed by atoms with E-state index in [-0.39, 0.29) is 41.0 Å². The Balaban J connectivity index is 1.39. The third kappa shape index (κ3) is 5.37. The molecule has 2 aliphatic rings. The maximum atomic E-state index is 13.6. The summed E-state index contributed by atoms with van der Waals surface area (Å²) in [6, 6.07) is 2.33. The van der Waals surface area contributed by atoms with Crippen molar-refractivity contribution in [2.24, 2.45) is 0 Å². The van der Waals surface area contributed by atoms with Gasteiger partial charge in [0.2, 0.25) is 16.0 Å². The first-order valence-electron chi connectivity index (χ1n) is 13.1. The number of fused-ring (bicyclic) bond motifs is 1. The largest absolute Gasteiger partial charge is 0.429 e. The van der Waals surface area contributed by atoms with Gasteiger partial charge in [0, 0.05) is 30.7 Å². The van der Waals surface area contributed by atoms with E-state index in [4.69, 9.17) is 1.37 Å². The molecule has 15 heteroatoms. The van der Waals surface area contributed by atoms with E-state index in [1.165, 1.54) is 17.4 Å². The number of benzene rings is 1. The third-order valence-corrected chi connectivity index (χ3v) is 9.33. The lowest BCUT2D eigenvalue weighted by atomic mass is 10.00. The number of aliphatic hydroxyl groups is 1. The van der Waals surface area contributed by atoms with Gasteiger partial charge in [-0.05, 0) is 63.3 Å². The maximum Gasteiger partial charge on any atom is 0.387 e. The van der Waals surface area contributed by atoms with Crippen molar-refractivity contribution in [1.29, 1.82) is 0 Å². The Morgan fingerprint density at radius 2 is 1.93 bits per heavy atom. The van der Waals surface area contributed by atoms with Gasteiger partial charge < -0.3 is 15.2 Å². The molecule has 2 N–H and O–H groups in total. The van der Waals surface area contributed by atoms with Crippen molar-refractivity contribution in [3.8, 4) is 5.75 Å². The third-order valence-electron chi connectivity index (χ3n) is 7.43. The molecular weight excluding hydrogens is 558 g/mol. The fraction of sp³-hybridized carbons (Fsp3) is 0.480. The lowest BCUT2D eigenvalue weighted by molar-refractivity contribution is -0.0513. The van der Waals surface area contributed by atoms with E-state index < -0.39 is 51.2 Å². The number of anilines is 1. The molecule has 0 spiro atoms. The van der Waals surface area contributed by atoms with E-state index in [1.54, 1.807) is 0 Å². The number of sulfonamides is 1. The number of hydrogen-bond donors (Lipinski definition) is 2. The van der Waals surface area contributed by atoms with Crippen LogP contribution in [0, 0.1) is 11.6 Å². The molecule has 0 radical (unpaired) electrons. The molecule has 3 aromatic rings. The Labute approximate surface area is 228 Å². The summed E-state index contributed by atoms with van der Waals surface area (Å²) in [6.07, 6.45) is 3.25. The lowest BCUT2D eigenvalue weighted by Gasteiger charge is -2.32. The van der Waals surface area contributed by atoms with Crippen LogP contribution in [-0.2, 0) is 10.0 Å². The van der Waals surface area contributed by atoms with Crippen molar-refractivity contribution >= 4 is 27.0 Å². The molecular formula is C25H27F4N5O5S. The van der Waals surface area contributed by atoms with Crippen molar-refractivity contribution < 1.29 is 37.2 Å². The van der Waals surface area contributed by atoms with Crippen LogP contribution in [0.3, 0.4) is 0 Å². The average molecular weight is 587 g/mol. The van der Waals surface area contributed by atoms with E-state index in [2.05, 4.69) is 20.0 Å². The topological polar surface area (TPSA) is 127 Å². The normalized spacial score (nSPS) is 23.4. The molecule has 2 fully saturated rings. The van der Waals surface area contributed by atoms with Crippen LogP contribution in [-0.4, -0.2) is 63.7 Å². The van der Waals surface area contributed by atoms with Crippen molar-refractivity contribution in [1.82, 2.24) is 18.8 Å². The van der Waals surface area contributed by atoms with E-state index in [1.807, 2.05) is 0 Å². The van der Waals surface area contributed by atoms with E-state index in [9.17, 15) is 35.9 Å². The standard InChI is InChI=1S/C25H27F4N5O5S/c1-25(36)8-2-3-20(25)34-21-14(11-19(22(34)35)39-23(28)29)13-30-24(32-21)31-15-6-9-33(10-7-15)40(37,38)16-4-5-17(26)18(27)12-16/h4-5,11-13,15,20,23,36H,2-3,6-10H2,1H3,(H,30,31,32)/t20-,25-/m1/s1/i23D. The van der Waals surface area contributed by atoms with Crippen molar-refractivity contribution in [2.75, 3.05) is 18.4 Å². The first-order chi connectivity index (χ1) is 19.2. The Hall–Kier alpha value is -3.30. The molecule has 2 aromatic heterocycles. The molecule has 10 nitrogen and oxygen atoms in total. The molecule has 1 aromatic carbocycles. The summed E-state index contributed by atoms with van der Waals surface area (Å²) in [7, 11) is -4.05. The zero-order valence-electron chi connectivity index (χ0n) is 22.3. The number of nitrogens with zero attached hydrogens (tertiary/aromatic N) is 4. The number of pyridine rings is 1. The van der Waals surface area contributed by atoms with Crippen molar-refractivity contribution in [3.05, 3.63) is 52.5 Å². The number of hydrogen-bond acceptors (Lipinski definition) is 8. The molecule has 0 amide bonds. The van der Waals surface area contributed by atoms with Gasteiger partial charge >= 0.3 is 6.59 Å². The van der Waals surface area contributed by atoms with Gasteiger partial charge in [-0.3, -0.25) is 9.36 Å². The second-order valence-corrected chi connectivity index (χ2v) is 12.1. The predicted octanol–water partition coefficient (Wildman–Crippen LogP) is 3.41. The summed E-state index contributed by atoms with van der Waals surface area (Å²) in [5.74, 6) is -3.10. The Bertz CT molecular complexity index is 1640. The summed E-state index contributed by atoms with van der Waals surface area (Å²) in [5, 5.41) is 14.2. The van der Waals surface area contributed by atoms with E-state index >= 15 is 0 Å². The zero-order valence-corrected chi connectivity index (χ0v) is 22.1. The quantitative estimate of drug-likeness (QED) is 0.404. The molecule has 1 aliphatic carbocycles. The number of rotatable bonds is 7. The van der Waals surface area contributed by atoms with Gasteiger partial charge in [0.05, 0.1) is 16.5 Å². The fourth-order valence-corrected chi connectivity index (χ4v) is 6.84. The highest BCUT2D eigenvalue weighted by molar-refractivity contribution is 7.89. The van der Waals surface area contributed by atoms with Crippen LogP contribution in [0.15, 0.2) is 40.2 Å². The highest BCUT2D eigenvalue weighted by Crippen LogP contribution is 2.40. The van der Waals surface area contributed by atoms with Gasteiger partial charge in [-0.15, -0.1) is 0 Å². The summed E-state index contributed by atoms with van der Waals surface area (Å²) >= 11 is 0. The van der Waals surface area contributed by atoms with Crippen molar-refractivity contribution in [2.45, 2.75) is 68.2 Å². The molecule has 0 unspecified atom stereocenters. The maximum absolute atomic E-state index is 13.6. The summed E-state index contributed by atoms with van der Waals surface area (Å²) < 4.78 is 92.7. The van der Waals surface area contributed by atoms with Crippen LogP contribution in [0.4, 0.5) is 23.5 Å².